The third-order valence-corrected chi connectivity index (χ3v) is 2.47. The number of carboxylic acids is 1. The molecule has 0 aliphatic rings. The van der Waals surface area contributed by atoms with Crippen LogP contribution in [0.3, 0.4) is 0 Å². The van der Waals surface area contributed by atoms with E-state index in [2.05, 4.69) is 4.98 Å². The van der Waals surface area contributed by atoms with Crippen LogP contribution in [-0.4, -0.2) is 34.0 Å². The molecule has 0 amide bonds. The Hall–Kier alpha value is -1.49. The van der Waals surface area contributed by atoms with E-state index in [9.17, 15) is 9.18 Å². The fraction of sp³-hybridized carbons (Fsp3) is 0.455. The summed E-state index contributed by atoms with van der Waals surface area (Å²) in [7, 11) is 0. The Morgan fingerprint density at radius 3 is 2.75 bits per heavy atom. The smallest absolute Gasteiger partial charge is 0.317 e. The second kappa shape index (κ2) is 5.55. The van der Waals surface area contributed by atoms with Gasteiger partial charge in [-0.15, -0.1) is 0 Å². The Balaban J connectivity index is 2.78. The Kier molecular flexibility index (Phi) is 4.37. The van der Waals surface area contributed by atoms with Gasteiger partial charge < -0.3 is 5.11 Å². The topological polar surface area (TPSA) is 53.4 Å². The second-order valence-electron chi connectivity index (χ2n) is 3.53. The van der Waals surface area contributed by atoms with E-state index in [0.717, 1.165) is 6.20 Å². The van der Waals surface area contributed by atoms with Crippen LogP contribution in [0.4, 0.5) is 4.39 Å². The number of pyridine rings is 1. The third kappa shape index (κ3) is 3.27. The summed E-state index contributed by atoms with van der Waals surface area (Å²) in [6, 6.07) is 2.76. The molecule has 0 aliphatic carbocycles. The van der Waals surface area contributed by atoms with E-state index in [1.165, 1.54) is 6.07 Å². The highest BCUT2D eigenvalue weighted by atomic mass is 19.1. The van der Waals surface area contributed by atoms with Crippen molar-refractivity contribution in [3.63, 3.8) is 0 Å². The van der Waals surface area contributed by atoms with E-state index >= 15 is 0 Å². The summed E-state index contributed by atoms with van der Waals surface area (Å²) in [4.78, 5) is 16.3. The van der Waals surface area contributed by atoms with Crippen LogP contribution in [0, 0.1) is 5.82 Å². The molecular formula is C11H15FN2O2. The van der Waals surface area contributed by atoms with Crippen molar-refractivity contribution in [3.8, 4) is 0 Å². The molecule has 0 saturated heterocycles. The minimum atomic E-state index is -0.879. The maximum absolute atomic E-state index is 12.7. The van der Waals surface area contributed by atoms with Crippen molar-refractivity contribution in [1.82, 2.24) is 9.88 Å². The first kappa shape index (κ1) is 12.6. The first-order valence-corrected chi connectivity index (χ1v) is 5.12. The maximum atomic E-state index is 12.7. The summed E-state index contributed by atoms with van der Waals surface area (Å²) in [6.45, 7) is 4.29. The first-order valence-electron chi connectivity index (χ1n) is 5.12. The highest BCUT2D eigenvalue weighted by molar-refractivity contribution is 5.69. The lowest BCUT2D eigenvalue weighted by molar-refractivity contribution is -0.138. The molecule has 16 heavy (non-hydrogen) atoms. The summed E-state index contributed by atoms with van der Waals surface area (Å²) in [5.74, 6) is -1.27. The van der Waals surface area contributed by atoms with Crippen molar-refractivity contribution in [2.45, 2.75) is 19.9 Å². The second-order valence-corrected chi connectivity index (χ2v) is 3.53. The van der Waals surface area contributed by atoms with Crippen LogP contribution in [0.25, 0.3) is 0 Å². The minimum absolute atomic E-state index is 0.0449. The van der Waals surface area contributed by atoms with E-state index < -0.39 is 11.8 Å². The van der Waals surface area contributed by atoms with Crippen molar-refractivity contribution in [3.05, 3.63) is 29.8 Å². The average Bonchev–Trinajstić information content (AvgIpc) is 2.25. The molecule has 1 atom stereocenters. The predicted molar refractivity (Wildman–Crippen MR) is 57.5 cm³/mol. The third-order valence-electron chi connectivity index (χ3n) is 2.47. The van der Waals surface area contributed by atoms with Crippen molar-refractivity contribution >= 4 is 5.97 Å². The zero-order chi connectivity index (χ0) is 12.1. The molecule has 0 fully saturated rings. The van der Waals surface area contributed by atoms with Gasteiger partial charge in [-0.2, -0.15) is 0 Å². The Morgan fingerprint density at radius 1 is 1.62 bits per heavy atom. The molecule has 1 aromatic heterocycles. The number of nitrogens with zero attached hydrogens (tertiary/aromatic N) is 2. The number of halogens is 1. The summed E-state index contributed by atoms with van der Waals surface area (Å²) in [5.41, 5.74) is 0.671. The molecule has 88 valence electrons. The van der Waals surface area contributed by atoms with E-state index in [1.54, 1.807) is 11.0 Å². The zero-order valence-corrected chi connectivity index (χ0v) is 9.35. The number of likely N-dealkylation sites (N-methyl/N-ethyl adjacent to an activating group) is 1. The molecule has 0 radical (unpaired) electrons. The summed E-state index contributed by atoms with van der Waals surface area (Å²) in [6.07, 6.45) is 1.14. The van der Waals surface area contributed by atoms with Crippen LogP contribution in [0.15, 0.2) is 18.3 Å². The van der Waals surface area contributed by atoms with Gasteiger partial charge in [-0.3, -0.25) is 14.7 Å². The van der Waals surface area contributed by atoms with Crippen LogP contribution in [0.5, 0.6) is 0 Å². The molecule has 0 aliphatic heterocycles. The van der Waals surface area contributed by atoms with Gasteiger partial charge in [0.2, 0.25) is 0 Å². The van der Waals surface area contributed by atoms with Gasteiger partial charge in [-0.1, -0.05) is 6.92 Å². The van der Waals surface area contributed by atoms with Gasteiger partial charge in [0.05, 0.1) is 18.4 Å². The molecule has 0 spiro atoms. The molecule has 1 unspecified atom stereocenters. The number of aromatic nitrogens is 1. The van der Waals surface area contributed by atoms with Crippen molar-refractivity contribution < 1.29 is 14.3 Å². The quantitative estimate of drug-likeness (QED) is 0.830. The molecule has 1 N–H and O–H groups in total. The van der Waals surface area contributed by atoms with Gasteiger partial charge in [0.15, 0.2) is 0 Å². The number of hydrogen-bond acceptors (Lipinski definition) is 3. The van der Waals surface area contributed by atoms with Crippen LogP contribution in [-0.2, 0) is 4.79 Å². The maximum Gasteiger partial charge on any atom is 0.317 e. The number of carbonyl (C=O) groups is 1. The standard InChI is InChI=1S/C11H15FN2O2/c1-3-14(7-11(15)16)8(2)10-5-4-9(12)6-13-10/h4-6,8H,3,7H2,1-2H3,(H,15,16). The van der Waals surface area contributed by atoms with Crippen molar-refractivity contribution in [2.24, 2.45) is 0 Å². The molecule has 0 saturated carbocycles. The highest BCUT2D eigenvalue weighted by Gasteiger charge is 2.17. The number of aliphatic carboxylic acids is 1. The molecule has 1 rings (SSSR count). The predicted octanol–water partition coefficient (Wildman–Crippen LogP) is 1.69. The Bertz CT molecular complexity index is 354. The Labute approximate surface area is 93.7 Å². The SMILES string of the molecule is CCN(CC(=O)O)C(C)c1ccc(F)cn1. The molecule has 4 nitrogen and oxygen atoms in total. The lowest BCUT2D eigenvalue weighted by Gasteiger charge is -2.25. The normalized spacial score (nSPS) is 12.8. The van der Waals surface area contributed by atoms with Gasteiger partial charge in [0, 0.05) is 6.04 Å². The molecule has 1 heterocycles. The lowest BCUT2D eigenvalue weighted by Crippen LogP contribution is -2.32. The van der Waals surface area contributed by atoms with Gasteiger partial charge in [-0.05, 0) is 25.6 Å². The van der Waals surface area contributed by atoms with Gasteiger partial charge in [-0.25, -0.2) is 4.39 Å². The van der Waals surface area contributed by atoms with Gasteiger partial charge in [0.25, 0.3) is 0 Å². The average molecular weight is 226 g/mol. The molecule has 0 aromatic carbocycles. The molecular weight excluding hydrogens is 211 g/mol. The van der Waals surface area contributed by atoms with Crippen LogP contribution in [0.2, 0.25) is 0 Å². The van der Waals surface area contributed by atoms with Gasteiger partial charge in [0.1, 0.15) is 5.82 Å². The fourth-order valence-corrected chi connectivity index (χ4v) is 1.52. The van der Waals surface area contributed by atoms with Crippen molar-refractivity contribution in [2.75, 3.05) is 13.1 Å². The van der Waals surface area contributed by atoms with E-state index in [4.69, 9.17) is 5.11 Å². The van der Waals surface area contributed by atoms with Crippen LogP contribution >= 0.6 is 0 Å². The van der Waals surface area contributed by atoms with Crippen LogP contribution < -0.4 is 0 Å². The lowest BCUT2D eigenvalue weighted by atomic mass is 10.2. The van der Waals surface area contributed by atoms with E-state index in [0.29, 0.717) is 12.2 Å². The minimum Gasteiger partial charge on any atom is -0.480 e. The zero-order valence-electron chi connectivity index (χ0n) is 9.35. The monoisotopic (exact) mass is 226 g/mol. The molecule has 0 bridgehead atoms. The molecule has 5 heteroatoms. The fourth-order valence-electron chi connectivity index (χ4n) is 1.52. The first-order chi connectivity index (χ1) is 7.54. The summed E-state index contributed by atoms with van der Waals surface area (Å²) < 4.78 is 12.7. The number of rotatable bonds is 5. The number of hydrogen-bond donors (Lipinski definition) is 1. The summed E-state index contributed by atoms with van der Waals surface area (Å²) in [5, 5.41) is 8.73. The van der Waals surface area contributed by atoms with Crippen LogP contribution in [0.1, 0.15) is 25.6 Å². The van der Waals surface area contributed by atoms with E-state index in [1.807, 2.05) is 13.8 Å². The Morgan fingerprint density at radius 2 is 2.31 bits per heavy atom. The highest BCUT2D eigenvalue weighted by Crippen LogP contribution is 2.17. The van der Waals surface area contributed by atoms with E-state index in [-0.39, 0.29) is 12.6 Å². The molecule has 1 aromatic rings. The largest absolute Gasteiger partial charge is 0.480 e. The van der Waals surface area contributed by atoms with Gasteiger partial charge >= 0.3 is 5.97 Å². The number of carboxylic acid groups (broad SMARTS) is 1. The summed E-state index contributed by atoms with van der Waals surface area (Å²) >= 11 is 0. The van der Waals surface area contributed by atoms with Crippen molar-refractivity contribution in [1.29, 1.82) is 0 Å².